The molecule has 35 N–H and O–H groups in total. The molecule has 45 atom stereocenters. The Morgan fingerprint density at radius 2 is 0.750 bits per heavy atom. The van der Waals surface area contributed by atoms with Crippen molar-refractivity contribution >= 4 is 27.6 Å². The van der Waals surface area contributed by atoms with Gasteiger partial charge in [-0.3, -0.25) is 9.05 Å². The van der Waals surface area contributed by atoms with Crippen molar-refractivity contribution in [2.24, 2.45) is 11.5 Å². The minimum Gasteiger partial charge on any atom is -0.477 e. The smallest absolute Gasteiger partial charge is 0.471 e. The molecular weight excluding hydrogens is 1650 g/mol. The lowest BCUT2D eigenvalue weighted by Crippen LogP contribution is -2.71. The average molecular weight is 1750 g/mol. The maximum absolute atomic E-state index is 14.3. The zero-order valence-corrected chi connectivity index (χ0v) is 61.7. The van der Waals surface area contributed by atoms with Crippen molar-refractivity contribution in [1.29, 1.82) is 0 Å². The van der Waals surface area contributed by atoms with Gasteiger partial charge < -0.3 is 249 Å². The number of phosphoric acid groups is 2. The molecule has 0 saturated carbocycles. The van der Waals surface area contributed by atoms with Gasteiger partial charge in [0.05, 0.1) is 83.8 Å². The number of carboxylic acid groups (broad SMARTS) is 2. The summed E-state index contributed by atoms with van der Waals surface area (Å²) in [4.78, 5) is 67.3. The molecule has 9 aliphatic rings. The summed E-state index contributed by atoms with van der Waals surface area (Å²) in [5.41, 5.74) is 11.9. The summed E-state index contributed by atoms with van der Waals surface area (Å²) in [6, 6.07) is -3.95. The number of aliphatic hydroxyl groups is 25. The van der Waals surface area contributed by atoms with Gasteiger partial charge >= 0.3 is 27.6 Å². The van der Waals surface area contributed by atoms with E-state index in [1.54, 1.807) is 0 Å². The Balaban J connectivity index is 1.16. The molecule has 9 saturated heterocycles. The topological polar surface area (TPSA) is 923 Å². The van der Waals surface area contributed by atoms with Crippen LogP contribution in [-0.4, -0.2) is 504 Å². The molecule has 0 aromatic carbocycles. The van der Waals surface area contributed by atoms with Crippen LogP contribution in [0.3, 0.4) is 0 Å². The van der Waals surface area contributed by atoms with Crippen molar-refractivity contribution < 1.29 is 266 Å². The van der Waals surface area contributed by atoms with Crippen molar-refractivity contribution in [1.82, 2.24) is 0 Å². The predicted octanol–water partition coefficient (Wildman–Crippen LogP) is -20.8. The molecule has 0 unspecified atom stereocenters. The monoisotopic (exact) mass is 1750 g/mol. The quantitative estimate of drug-likeness (QED) is 0.0271. The molecule has 116 heavy (non-hydrogen) atoms. The lowest BCUT2D eigenvalue weighted by Gasteiger charge is -2.53. The van der Waals surface area contributed by atoms with E-state index in [4.69, 9.17) is 96.5 Å². The number of aliphatic hydroxyl groups excluding tert-OH is 25. The van der Waals surface area contributed by atoms with E-state index in [1.165, 1.54) is 0 Å². The van der Waals surface area contributed by atoms with Crippen LogP contribution in [0.25, 0.3) is 0 Å². The van der Waals surface area contributed by atoms with Crippen LogP contribution in [0.2, 0.25) is 0 Å². The van der Waals surface area contributed by atoms with Crippen LogP contribution in [0.5, 0.6) is 0 Å². The van der Waals surface area contributed by atoms with Gasteiger partial charge in [-0.15, -0.1) is 0 Å². The maximum atomic E-state index is 14.3. The summed E-state index contributed by atoms with van der Waals surface area (Å²) in [5, 5.41) is 298. The molecule has 0 aromatic rings. The second-order valence-corrected chi connectivity index (χ2v) is 30.9. The molecule has 9 rings (SSSR count). The van der Waals surface area contributed by atoms with Gasteiger partial charge in [0, 0.05) is 12.8 Å². The van der Waals surface area contributed by atoms with Crippen LogP contribution >= 0.6 is 15.6 Å². The molecule has 9 fully saturated rings. The second kappa shape index (κ2) is 40.1. The summed E-state index contributed by atoms with van der Waals surface area (Å²) >= 11 is 0. The largest absolute Gasteiger partial charge is 0.477 e. The Morgan fingerprint density at radius 3 is 1.23 bits per heavy atom. The van der Waals surface area contributed by atoms with Crippen molar-refractivity contribution in [3.8, 4) is 0 Å². The molecular formula is C58H100N2O54P2. The van der Waals surface area contributed by atoms with Crippen molar-refractivity contribution in [2.45, 2.75) is 288 Å². The first kappa shape index (κ1) is 97.2. The fraction of sp³-hybridized carbons (Fsp3) is 0.966. The molecule has 0 amide bonds. The van der Waals surface area contributed by atoms with Crippen LogP contribution in [0.15, 0.2) is 0 Å². The highest BCUT2D eigenvalue weighted by molar-refractivity contribution is 7.46. The third kappa shape index (κ3) is 21.3. The number of ether oxygens (including phenoxy) is 17. The normalized spacial score (nSPS) is 48.7. The van der Waals surface area contributed by atoms with Crippen LogP contribution in [0.4, 0.5) is 0 Å². The van der Waals surface area contributed by atoms with Gasteiger partial charge in [-0.05, 0) is 0 Å². The predicted molar refractivity (Wildman–Crippen MR) is 345 cm³/mol. The zero-order valence-electron chi connectivity index (χ0n) is 59.9. The first-order chi connectivity index (χ1) is 54.2. The van der Waals surface area contributed by atoms with Crippen molar-refractivity contribution in [3.63, 3.8) is 0 Å². The standard InChI is InChI=1S/C58H100N2O54P2/c59-23-31(76)30(75)20(103-49(23)114-116(93,94)95)9-96-48-24(60)32(77)43(113-115(90,91)92)22(104-48)11-98-57(55(86)87)2-15(110-58(56(88)89)1-12(67)25(70)41(111-58)13(68)3-61)44(42(112-57)14(69)4-62)106-53-40(85)46(108-51-38(83)34(79)27(72)17(6-64)100-51)45(107-50-37(82)33(78)26(71)16(5-63)99-50)21(105-53)10-97-54-47(36(81)29(74)19(8-66)102-54)109-52-39(84)35(80)28(73)18(7-65)101-52/h12-54,61-85H,1-11,59-60H2,(H,86,87)(H,88,89)(H2,90,91,92)(H2,93,94,95)/t12-,13-,14-,15-,16-,17-,18-,19-,20-,21-,22-,23-,24-,25-,26-,27-,28-,29-,30-,31-,32-,33+,34+,35+,36+,37-,38-,39-,40-,41-,42-,43-,44-,45+,46+,47-,48-,49-,50+,51+,52-,53-,54-,57-,58-/m1/s1. The Kier molecular flexibility index (Phi) is 33.6. The summed E-state index contributed by atoms with van der Waals surface area (Å²) < 4.78 is 133. The Morgan fingerprint density at radius 1 is 0.371 bits per heavy atom. The van der Waals surface area contributed by atoms with Gasteiger partial charge in [-0.2, -0.15) is 0 Å². The van der Waals surface area contributed by atoms with E-state index in [0.717, 1.165) is 0 Å². The summed E-state index contributed by atoms with van der Waals surface area (Å²) in [6.07, 6.45) is -100. The van der Waals surface area contributed by atoms with E-state index >= 15 is 0 Å². The molecule has 9 aliphatic heterocycles. The van der Waals surface area contributed by atoms with Crippen LogP contribution in [-0.2, 0) is 108 Å². The van der Waals surface area contributed by atoms with E-state index in [-0.39, 0.29) is 0 Å². The number of carbonyl (C=O) groups is 2. The van der Waals surface area contributed by atoms with E-state index in [9.17, 15) is 176 Å². The lowest BCUT2D eigenvalue weighted by atomic mass is 9.89. The number of hydrogen-bond donors (Lipinski definition) is 33. The Labute approximate surface area is 650 Å². The molecule has 0 aliphatic carbocycles. The maximum Gasteiger partial charge on any atom is 0.471 e. The SMILES string of the molecule is N[C@H]1[C@@H](OP(=O)(O)O)O[C@H](CO[C@@H]2O[C@H](CO[C@]3(C(=O)O)C[C@@H](O[C@]4(C(=O)O)C[C@@H](O)[C@@H](O)[C@@H]([C@H](O)CO)O4)[C@@H](O[C@H]4O[C@H](CO[C@@H]5O[C@H](CO)[C@@H](O)[C@H](O)[C@H]5O[C@H]5O[C@H](CO)[C@@H](O)[C@H](O)[C@H]5O)[C@H](O[C@@H]5O[C@H](CO)[C@@H](O)[C@H](O)[C@H]5O)[C@@H](O[C@@H]5O[C@H](CO)[C@@H](O)[C@H](O)[C@H]5O)[C@H]4O)[C@@H]([C@H](O)CO)O3)[C@@H](OP(=O)(O)O)[C@H](O)[C@H]2N)[C@@H](O)[C@@H]1O. The first-order valence-electron chi connectivity index (χ1n) is 35.4. The molecule has 676 valence electrons. The molecule has 0 radical (unpaired) electrons. The molecule has 56 nitrogen and oxygen atoms in total. The summed E-state index contributed by atoms with van der Waals surface area (Å²) in [7, 11) is -11.4. The second-order valence-electron chi connectivity index (χ2n) is 28.5. The first-order valence-corrected chi connectivity index (χ1v) is 38.5. The molecule has 9 heterocycles. The Bertz CT molecular complexity index is 3220. The zero-order chi connectivity index (χ0) is 86.2. The fourth-order valence-corrected chi connectivity index (χ4v) is 15.2. The van der Waals surface area contributed by atoms with Gasteiger partial charge in [0.15, 0.2) is 44.0 Å². The number of aliphatic carboxylic acids is 2. The third-order valence-corrected chi connectivity index (χ3v) is 21.6. The highest BCUT2D eigenvalue weighted by atomic mass is 31.2. The van der Waals surface area contributed by atoms with E-state index in [0.29, 0.717) is 0 Å². The van der Waals surface area contributed by atoms with Crippen molar-refractivity contribution in [3.05, 3.63) is 0 Å². The number of phosphoric ester groups is 2. The molecule has 58 heteroatoms. The number of rotatable bonds is 33. The minimum atomic E-state index is -5.93. The number of hydrogen-bond acceptors (Lipinski definition) is 50. The molecule has 0 bridgehead atoms. The average Bonchev–Trinajstić information content (AvgIpc) is 0.741. The highest BCUT2D eigenvalue weighted by Crippen LogP contribution is 2.47. The molecule has 0 aromatic heterocycles. The van der Waals surface area contributed by atoms with Crippen LogP contribution < -0.4 is 11.5 Å². The lowest BCUT2D eigenvalue weighted by molar-refractivity contribution is -0.415. The van der Waals surface area contributed by atoms with Gasteiger partial charge in [0.2, 0.25) is 0 Å². The van der Waals surface area contributed by atoms with Gasteiger partial charge in [-0.1, -0.05) is 0 Å². The van der Waals surface area contributed by atoms with Gasteiger partial charge in [0.25, 0.3) is 11.6 Å². The van der Waals surface area contributed by atoms with E-state index < -0.39 is 375 Å². The third-order valence-electron chi connectivity index (χ3n) is 20.6. The van der Waals surface area contributed by atoms with Gasteiger partial charge in [-0.25, -0.2) is 18.7 Å². The summed E-state index contributed by atoms with van der Waals surface area (Å²) in [6.45, 7) is -12.0. The number of nitrogens with two attached hydrogens (primary N) is 2. The molecule has 0 spiro atoms. The van der Waals surface area contributed by atoms with E-state index in [1.807, 2.05) is 0 Å². The van der Waals surface area contributed by atoms with Gasteiger partial charge in [0.1, 0.15) is 195 Å². The Hall–Kier alpha value is -2.60. The van der Waals surface area contributed by atoms with E-state index in [2.05, 4.69) is 4.52 Å². The van der Waals surface area contributed by atoms with Crippen LogP contribution in [0.1, 0.15) is 12.8 Å². The van der Waals surface area contributed by atoms with Crippen molar-refractivity contribution in [2.75, 3.05) is 59.5 Å². The highest BCUT2D eigenvalue weighted by Gasteiger charge is 2.65. The fourth-order valence-electron chi connectivity index (χ4n) is 14.2. The minimum absolute atomic E-state index is 1.08. The summed E-state index contributed by atoms with van der Waals surface area (Å²) in [5.74, 6) is -12.4. The number of carboxylic acids is 2. The van der Waals surface area contributed by atoms with Crippen LogP contribution in [0, 0.1) is 0 Å².